The molecular formula is C11H11BrClN3. The van der Waals surface area contributed by atoms with Gasteiger partial charge in [-0.1, -0.05) is 35.0 Å². The first-order valence-electron chi connectivity index (χ1n) is 5.02. The van der Waals surface area contributed by atoms with E-state index < -0.39 is 0 Å². The fourth-order valence-electron chi connectivity index (χ4n) is 1.55. The van der Waals surface area contributed by atoms with Crippen molar-refractivity contribution in [3.05, 3.63) is 45.4 Å². The van der Waals surface area contributed by atoms with Gasteiger partial charge in [0.2, 0.25) is 5.28 Å². The Labute approximate surface area is 108 Å². The molecule has 0 radical (unpaired) electrons. The number of aromatic nitrogens is 3. The largest absolute Gasteiger partial charge is 0.297 e. The SMILES string of the molecule is CCc1nnc(Cl)n1Cc1cccc(Br)c1. The van der Waals surface area contributed by atoms with Gasteiger partial charge in [0.15, 0.2) is 0 Å². The van der Waals surface area contributed by atoms with Crippen LogP contribution in [-0.4, -0.2) is 14.8 Å². The van der Waals surface area contributed by atoms with Crippen molar-refractivity contribution in [2.45, 2.75) is 19.9 Å². The Morgan fingerprint density at radius 1 is 1.38 bits per heavy atom. The van der Waals surface area contributed by atoms with Crippen molar-refractivity contribution in [3.8, 4) is 0 Å². The van der Waals surface area contributed by atoms with E-state index in [0.717, 1.165) is 16.7 Å². The lowest BCUT2D eigenvalue weighted by atomic mass is 10.2. The summed E-state index contributed by atoms with van der Waals surface area (Å²) in [6.45, 7) is 2.74. The number of aryl methyl sites for hydroxylation is 1. The summed E-state index contributed by atoms with van der Waals surface area (Å²) in [7, 11) is 0. The normalized spacial score (nSPS) is 10.7. The fraction of sp³-hybridized carbons (Fsp3) is 0.273. The van der Waals surface area contributed by atoms with Gasteiger partial charge in [-0.3, -0.25) is 4.57 Å². The average molecular weight is 301 g/mol. The molecule has 0 amide bonds. The zero-order chi connectivity index (χ0) is 11.5. The number of hydrogen-bond donors (Lipinski definition) is 0. The standard InChI is InChI=1S/C11H11BrClN3/c1-2-10-14-15-11(13)16(10)7-8-4-3-5-9(12)6-8/h3-6H,2,7H2,1H3. The van der Waals surface area contributed by atoms with E-state index in [1.165, 1.54) is 5.56 Å². The maximum atomic E-state index is 5.99. The molecule has 0 N–H and O–H groups in total. The Hall–Kier alpha value is -0.870. The molecular weight excluding hydrogens is 289 g/mol. The smallest absolute Gasteiger partial charge is 0.225 e. The van der Waals surface area contributed by atoms with E-state index in [0.29, 0.717) is 11.8 Å². The van der Waals surface area contributed by atoms with Crippen molar-refractivity contribution in [1.29, 1.82) is 0 Å². The summed E-state index contributed by atoms with van der Waals surface area (Å²) in [5, 5.41) is 8.34. The molecule has 0 saturated carbocycles. The molecule has 5 heteroatoms. The van der Waals surface area contributed by atoms with E-state index in [9.17, 15) is 0 Å². The molecule has 84 valence electrons. The number of benzene rings is 1. The van der Waals surface area contributed by atoms with Gasteiger partial charge in [-0.15, -0.1) is 10.2 Å². The van der Waals surface area contributed by atoms with Crippen LogP contribution >= 0.6 is 27.5 Å². The van der Waals surface area contributed by atoms with Gasteiger partial charge in [0.1, 0.15) is 5.82 Å². The van der Waals surface area contributed by atoms with Crippen molar-refractivity contribution < 1.29 is 0 Å². The van der Waals surface area contributed by atoms with Crippen LogP contribution in [0.5, 0.6) is 0 Å². The highest BCUT2D eigenvalue weighted by Crippen LogP contribution is 2.16. The number of rotatable bonds is 3. The van der Waals surface area contributed by atoms with Crippen molar-refractivity contribution in [1.82, 2.24) is 14.8 Å². The van der Waals surface area contributed by atoms with Gasteiger partial charge in [-0.25, -0.2) is 0 Å². The Morgan fingerprint density at radius 3 is 2.88 bits per heavy atom. The Bertz CT molecular complexity index is 496. The quantitative estimate of drug-likeness (QED) is 0.871. The molecule has 2 aromatic rings. The van der Waals surface area contributed by atoms with Gasteiger partial charge in [-0.05, 0) is 29.3 Å². The van der Waals surface area contributed by atoms with Gasteiger partial charge in [0, 0.05) is 10.9 Å². The van der Waals surface area contributed by atoms with Crippen molar-refractivity contribution in [2.24, 2.45) is 0 Å². The predicted molar refractivity (Wildman–Crippen MR) is 67.7 cm³/mol. The van der Waals surface area contributed by atoms with Gasteiger partial charge in [0.05, 0.1) is 6.54 Å². The average Bonchev–Trinajstić information content (AvgIpc) is 2.60. The lowest BCUT2D eigenvalue weighted by Crippen LogP contribution is -2.04. The second-order valence-electron chi connectivity index (χ2n) is 3.45. The minimum absolute atomic E-state index is 0.442. The summed E-state index contributed by atoms with van der Waals surface area (Å²) in [6.07, 6.45) is 0.827. The van der Waals surface area contributed by atoms with Crippen LogP contribution in [0.25, 0.3) is 0 Å². The maximum Gasteiger partial charge on any atom is 0.225 e. The zero-order valence-corrected chi connectivity index (χ0v) is 11.2. The third-order valence-corrected chi connectivity index (χ3v) is 3.10. The van der Waals surface area contributed by atoms with Crippen molar-refractivity contribution in [3.63, 3.8) is 0 Å². The van der Waals surface area contributed by atoms with Crippen LogP contribution in [0.2, 0.25) is 5.28 Å². The first-order valence-corrected chi connectivity index (χ1v) is 6.20. The highest BCUT2D eigenvalue weighted by atomic mass is 79.9. The van der Waals surface area contributed by atoms with Crippen LogP contribution in [-0.2, 0) is 13.0 Å². The second-order valence-corrected chi connectivity index (χ2v) is 4.71. The molecule has 0 atom stereocenters. The van der Waals surface area contributed by atoms with Crippen LogP contribution in [0.15, 0.2) is 28.7 Å². The number of halogens is 2. The molecule has 0 aliphatic rings. The number of nitrogens with zero attached hydrogens (tertiary/aromatic N) is 3. The molecule has 3 nitrogen and oxygen atoms in total. The molecule has 0 spiro atoms. The minimum atomic E-state index is 0.442. The molecule has 0 unspecified atom stereocenters. The fourth-order valence-corrected chi connectivity index (χ4v) is 2.19. The van der Waals surface area contributed by atoms with E-state index in [-0.39, 0.29) is 0 Å². The maximum absolute atomic E-state index is 5.99. The minimum Gasteiger partial charge on any atom is -0.297 e. The zero-order valence-electron chi connectivity index (χ0n) is 8.82. The second kappa shape index (κ2) is 4.97. The molecule has 0 saturated heterocycles. The summed E-state index contributed by atoms with van der Waals surface area (Å²) in [4.78, 5) is 0. The van der Waals surface area contributed by atoms with Crippen molar-refractivity contribution >= 4 is 27.5 Å². The van der Waals surface area contributed by atoms with Crippen LogP contribution in [0.3, 0.4) is 0 Å². The summed E-state index contributed by atoms with van der Waals surface area (Å²) >= 11 is 9.44. The van der Waals surface area contributed by atoms with Crippen molar-refractivity contribution in [2.75, 3.05) is 0 Å². The van der Waals surface area contributed by atoms with E-state index in [2.05, 4.69) is 38.3 Å². The van der Waals surface area contributed by atoms with Gasteiger partial charge in [-0.2, -0.15) is 0 Å². The third kappa shape index (κ3) is 2.44. The van der Waals surface area contributed by atoms with E-state index >= 15 is 0 Å². The molecule has 1 aromatic carbocycles. The van der Waals surface area contributed by atoms with E-state index in [1.807, 2.05) is 23.6 Å². The molecule has 1 heterocycles. The Balaban J connectivity index is 2.29. The van der Waals surface area contributed by atoms with Crippen LogP contribution in [0, 0.1) is 0 Å². The Kier molecular flexibility index (Phi) is 3.61. The van der Waals surface area contributed by atoms with E-state index in [4.69, 9.17) is 11.6 Å². The molecule has 0 aliphatic heterocycles. The third-order valence-electron chi connectivity index (χ3n) is 2.33. The lowest BCUT2D eigenvalue weighted by Gasteiger charge is -2.06. The van der Waals surface area contributed by atoms with Gasteiger partial charge >= 0.3 is 0 Å². The van der Waals surface area contributed by atoms with Gasteiger partial charge < -0.3 is 0 Å². The number of hydrogen-bond acceptors (Lipinski definition) is 2. The highest BCUT2D eigenvalue weighted by molar-refractivity contribution is 9.10. The van der Waals surface area contributed by atoms with Crippen LogP contribution in [0.1, 0.15) is 18.3 Å². The van der Waals surface area contributed by atoms with Gasteiger partial charge in [0.25, 0.3) is 0 Å². The summed E-state index contributed by atoms with van der Waals surface area (Å²) in [5.41, 5.74) is 1.17. The molecule has 2 rings (SSSR count). The van der Waals surface area contributed by atoms with Crippen LogP contribution in [0.4, 0.5) is 0 Å². The molecule has 1 aromatic heterocycles. The Morgan fingerprint density at radius 2 is 2.19 bits per heavy atom. The van der Waals surface area contributed by atoms with Crippen LogP contribution < -0.4 is 0 Å². The monoisotopic (exact) mass is 299 g/mol. The molecule has 0 bridgehead atoms. The first-order chi connectivity index (χ1) is 7.70. The summed E-state index contributed by atoms with van der Waals surface area (Å²) < 4.78 is 2.98. The topological polar surface area (TPSA) is 30.7 Å². The molecule has 0 aliphatic carbocycles. The summed E-state index contributed by atoms with van der Waals surface area (Å²) in [6, 6.07) is 8.12. The highest BCUT2D eigenvalue weighted by Gasteiger charge is 2.08. The predicted octanol–water partition coefficient (Wildman–Crippen LogP) is 3.30. The first kappa shape index (κ1) is 11.6. The summed E-state index contributed by atoms with van der Waals surface area (Å²) in [5.74, 6) is 0.907. The molecule has 0 fully saturated rings. The lowest BCUT2D eigenvalue weighted by molar-refractivity contribution is 0.732. The molecule has 16 heavy (non-hydrogen) atoms. The van der Waals surface area contributed by atoms with E-state index in [1.54, 1.807) is 0 Å².